The molecule has 0 heterocycles. The molecule has 31 heavy (non-hydrogen) atoms. The van der Waals surface area contributed by atoms with E-state index in [1.54, 1.807) is 20.1 Å². The first-order valence-electron chi connectivity index (χ1n) is 15.4. The Morgan fingerprint density at radius 1 is 0.484 bits per heavy atom. The van der Waals surface area contributed by atoms with Gasteiger partial charge in [-0.05, 0) is 0 Å². The van der Waals surface area contributed by atoms with Gasteiger partial charge in [0.15, 0.2) is 0 Å². The predicted octanol–water partition coefficient (Wildman–Crippen LogP) is 11.2. The Morgan fingerprint density at radius 2 is 0.839 bits per heavy atom. The summed E-state index contributed by atoms with van der Waals surface area (Å²) in [6.45, 7) is 4.68. The summed E-state index contributed by atoms with van der Waals surface area (Å²) in [6, 6.07) is 0. The molecule has 184 valence electrons. The summed E-state index contributed by atoms with van der Waals surface area (Å²) in [4.78, 5) is 0. The fourth-order valence-electron chi connectivity index (χ4n) is 5.94. The number of unbranched alkanes of at least 4 members (excludes halogenated alkanes) is 8. The Morgan fingerprint density at radius 3 is 1.23 bits per heavy atom. The molecule has 0 saturated heterocycles. The Hall–Kier alpha value is 0.0649. The van der Waals surface area contributed by atoms with E-state index in [0.717, 1.165) is 11.6 Å². The highest BCUT2D eigenvalue weighted by Crippen LogP contribution is 2.32. The minimum Gasteiger partial charge on any atom is -0.0654 e. The molecule has 1 heteroatoms. The third kappa shape index (κ3) is 19.3. The zero-order valence-electron chi connectivity index (χ0n) is 22.2. The largest absolute Gasteiger partial charge is 0.127 e. The molecular formula is C30H61B. The van der Waals surface area contributed by atoms with Crippen molar-refractivity contribution >= 4 is 7.28 Å². The van der Waals surface area contributed by atoms with Crippen LogP contribution in [0.4, 0.5) is 0 Å². The van der Waals surface area contributed by atoms with E-state index in [1.807, 2.05) is 0 Å². The highest BCUT2D eigenvalue weighted by atomic mass is 14.1. The van der Waals surface area contributed by atoms with Crippen molar-refractivity contribution in [1.82, 2.24) is 0 Å². The van der Waals surface area contributed by atoms with Crippen molar-refractivity contribution in [2.24, 2.45) is 0 Å². The third-order valence-corrected chi connectivity index (χ3v) is 8.07. The molecule has 0 radical (unpaired) electrons. The molecule has 1 fully saturated rings. The van der Waals surface area contributed by atoms with E-state index in [9.17, 15) is 0 Å². The van der Waals surface area contributed by atoms with Crippen LogP contribution in [0.2, 0.25) is 11.6 Å². The van der Waals surface area contributed by atoms with Gasteiger partial charge in [0.1, 0.15) is 7.28 Å². The topological polar surface area (TPSA) is 0 Å². The van der Waals surface area contributed by atoms with Crippen LogP contribution in [0.1, 0.15) is 181 Å². The maximum absolute atomic E-state index is 2.34. The van der Waals surface area contributed by atoms with E-state index in [4.69, 9.17) is 0 Å². The molecule has 0 bridgehead atoms. The van der Waals surface area contributed by atoms with Gasteiger partial charge in [-0.3, -0.25) is 0 Å². The van der Waals surface area contributed by atoms with Gasteiger partial charge < -0.3 is 0 Å². The van der Waals surface area contributed by atoms with Crippen molar-refractivity contribution in [2.75, 3.05) is 0 Å². The number of rotatable bonds is 14. The quantitative estimate of drug-likeness (QED) is 0.189. The van der Waals surface area contributed by atoms with Gasteiger partial charge in [-0.15, -0.1) is 0 Å². The van der Waals surface area contributed by atoms with E-state index in [0.29, 0.717) is 0 Å². The van der Waals surface area contributed by atoms with Crippen molar-refractivity contribution in [3.05, 3.63) is 0 Å². The lowest BCUT2D eigenvalue weighted by Crippen LogP contribution is -2.12. The molecule has 0 nitrogen and oxygen atoms in total. The summed E-state index contributed by atoms with van der Waals surface area (Å²) in [7, 11) is 1.57. The van der Waals surface area contributed by atoms with Crippen molar-refractivity contribution in [1.29, 1.82) is 0 Å². The highest BCUT2D eigenvalue weighted by molar-refractivity contribution is 6.39. The van der Waals surface area contributed by atoms with Crippen LogP contribution in [0.5, 0.6) is 0 Å². The molecule has 1 saturated carbocycles. The minimum absolute atomic E-state index is 1.04. The predicted molar refractivity (Wildman–Crippen MR) is 146 cm³/mol. The average Bonchev–Trinajstić information content (AvgIpc) is 2.78. The summed E-state index contributed by atoms with van der Waals surface area (Å²) in [5, 5.41) is 0. The van der Waals surface area contributed by atoms with Gasteiger partial charge in [0.2, 0.25) is 0 Å². The van der Waals surface area contributed by atoms with Crippen LogP contribution in [0, 0.1) is 0 Å². The second kappa shape index (κ2) is 23.2. The second-order valence-electron chi connectivity index (χ2n) is 11.2. The van der Waals surface area contributed by atoms with E-state index in [-0.39, 0.29) is 0 Å². The maximum Gasteiger partial charge on any atom is 0.127 e. The lowest BCUT2D eigenvalue weighted by molar-refractivity contribution is 0.516. The maximum atomic E-state index is 2.34. The normalized spacial score (nSPS) is 18.5. The van der Waals surface area contributed by atoms with Crippen LogP contribution in [0.25, 0.3) is 0 Å². The minimum atomic E-state index is 1.04. The molecule has 0 atom stereocenters. The van der Waals surface area contributed by atoms with Gasteiger partial charge in [-0.2, -0.15) is 0 Å². The van der Waals surface area contributed by atoms with Gasteiger partial charge in [0, 0.05) is 0 Å². The van der Waals surface area contributed by atoms with Crippen LogP contribution in [-0.4, -0.2) is 7.28 Å². The fourth-order valence-corrected chi connectivity index (χ4v) is 5.94. The monoisotopic (exact) mass is 432 g/mol. The van der Waals surface area contributed by atoms with Gasteiger partial charge in [-0.25, -0.2) is 0 Å². The molecule has 0 unspecified atom stereocenters. The summed E-state index contributed by atoms with van der Waals surface area (Å²) in [5.74, 6) is 2.08. The van der Waals surface area contributed by atoms with Crippen molar-refractivity contribution in [3.63, 3.8) is 0 Å². The smallest absolute Gasteiger partial charge is 0.0654 e. The molecule has 1 aliphatic carbocycles. The van der Waals surface area contributed by atoms with Crippen LogP contribution in [0.15, 0.2) is 0 Å². The Balaban J connectivity index is 2.46. The molecule has 1 aliphatic rings. The van der Waals surface area contributed by atoms with Crippen molar-refractivity contribution in [2.45, 2.75) is 192 Å². The van der Waals surface area contributed by atoms with E-state index >= 15 is 0 Å². The molecule has 0 aromatic rings. The molecule has 0 aliphatic heterocycles. The van der Waals surface area contributed by atoms with Gasteiger partial charge in [-0.1, -0.05) is 192 Å². The molecular weight excluding hydrogens is 371 g/mol. The highest BCUT2D eigenvalue weighted by Gasteiger charge is 2.18. The van der Waals surface area contributed by atoms with E-state index in [2.05, 4.69) is 13.8 Å². The van der Waals surface area contributed by atoms with Crippen LogP contribution in [-0.2, 0) is 0 Å². The fraction of sp³-hybridized carbons (Fsp3) is 1.00. The van der Waals surface area contributed by atoms with Crippen LogP contribution in [0.3, 0.4) is 0 Å². The summed E-state index contributed by atoms with van der Waals surface area (Å²) < 4.78 is 0. The Bertz CT molecular complexity index is 309. The number of hydrogen-bond acceptors (Lipinski definition) is 0. The molecule has 0 spiro atoms. The molecule has 0 aromatic heterocycles. The first kappa shape index (κ1) is 29.1. The van der Waals surface area contributed by atoms with E-state index < -0.39 is 0 Å². The lowest BCUT2D eigenvalue weighted by Gasteiger charge is -2.23. The first-order valence-corrected chi connectivity index (χ1v) is 15.4. The molecule has 0 N–H and O–H groups in total. The third-order valence-electron chi connectivity index (χ3n) is 8.07. The van der Waals surface area contributed by atoms with Gasteiger partial charge >= 0.3 is 0 Å². The van der Waals surface area contributed by atoms with Gasteiger partial charge in [0.05, 0.1) is 0 Å². The molecule has 0 aromatic carbocycles. The number of hydrogen-bond donors (Lipinski definition) is 0. The SMILES string of the molecule is CCCCCCCC(BC1CCCCCCCCCCCCCC1)CCCCCCC. The summed E-state index contributed by atoms with van der Waals surface area (Å²) in [6.07, 6.45) is 38.8. The zero-order valence-corrected chi connectivity index (χ0v) is 22.2. The molecule has 1 rings (SSSR count). The van der Waals surface area contributed by atoms with E-state index in [1.165, 1.54) is 154 Å². The summed E-state index contributed by atoms with van der Waals surface area (Å²) in [5.41, 5.74) is 0. The Labute approximate surface area is 199 Å². The van der Waals surface area contributed by atoms with Crippen LogP contribution >= 0.6 is 0 Å². The van der Waals surface area contributed by atoms with Crippen molar-refractivity contribution in [3.8, 4) is 0 Å². The van der Waals surface area contributed by atoms with Crippen molar-refractivity contribution < 1.29 is 0 Å². The summed E-state index contributed by atoms with van der Waals surface area (Å²) >= 11 is 0. The van der Waals surface area contributed by atoms with Gasteiger partial charge in [0.25, 0.3) is 0 Å². The molecule has 0 amide bonds. The standard InChI is InChI=1S/C30H61B/c1-3-5-7-17-21-25-29(26-22-18-8-6-4-2)31-30-27-23-19-15-13-11-9-10-12-14-16-20-24-28-30/h29-31H,3-28H2,1-2H3. The lowest BCUT2D eigenvalue weighted by atomic mass is 9.50. The first-order chi connectivity index (χ1) is 15.4. The average molecular weight is 433 g/mol. The second-order valence-corrected chi connectivity index (χ2v) is 11.2. The zero-order chi connectivity index (χ0) is 22.2. The van der Waals surface area contributed by atoms with Crippen LogP contribution < -0.4 is 0 Å². The Kier molecular flexibility index (Phi) is 21.8.